The molecule has 0 fully saturated rings. The molecule has 0 aromatic carbocycles. The predicted octanol–water partition coefficient (Wildman–Crippen LogP) is 0.912. The van der Waals surface area contributed by atoms with E-state index in [1.807, 2.05) is 12.3 Å². The second kappa shape index (κ2) is 2.50. The fraction of sp³-hybridized carbons (Fsp3) is 0.500. The Morgan fingerprint density at radius 3 is 3.12 bits per heavy atom. The van der Waals surface area contributed by atoms with Gasteiger partial charge >= 0.3 is 0 Å². The Hall–Kier alpha value is -0.790. The molecule has 8 heavy (non-hydrogen) atoms. The Morgan fingerprint density at radius 1 is 1.88 bits per heavy atom. The van der Waals surface area contributed by atoms with Gasteiger partial charge in [-0.15, -0.1) is 0 Å². The summed E-state index contributed by atoms with van der Waals surface area (Å²) in [5, 5.41) is 3.13. The molecule has 0 amide bonds. The average molecular weight is 110 g/mol. The number of nitrogens with zero attached hydrogens (tertiary/aromatic N) is 1. The van der Waals surface area contributed by atoms with Gasteiger partial charge in [0.2, 0.25) is 0 Å². The minimum absolute atomic E-state index is 0.750. The van der Waals surface area contributed by atoms with E-state index in [2.05, 4.69) is 17.2 Å². The molecule has 0 radical (unpaired) electrons. The third-order valence-electron chi connectivity index (χ3n) is 1.16. The van der Waals surface area contributed by atoms with Crippen LogP contribution in [0.3, 0.4) is 0 Å². The Morgan fingerprint density at radius 2 is 2.75 bits per heavy atom. The third kappa shape index (κ3) is 1.09. The van der Waals surface area contributed by atoms with E-state index < -0.39 is 0 Å². The molecule has 0 bridgehead atoms. The molecule has 1 N–H and O–H groups in total. The lowest BCUT2D eigenvalue weighted by molar-refractivity contribution is 0.781. The SMILES string of the molecule is CCC1=CC=NCN1. The van der Waals surface area contributed by atoms with Crippen molar-refractivity contribution in [3.8, 4) is 0 Å². The zero-order valence-corrected chi connectivity index (χ0v) is 5.02. The van der Waals surface area contributed by atoms with Crippen LogP contribution < -0.4 is 5.32 Å². The van der Waals surface area contributed by atoms with E-state index in [9.17, 15) is 0 Å². The van der Waals surface area contributed by atoms with Crippen LogP contribution in [0.4, 0.5) is 0 Å². The van der Waals surface area contributed by atoms with Crippen LogP contribution in [0.1, 0.15) is 13.3 Å². The highest BCUT2D eigenvalue weighted by atomic mass is 15.0. The van der Waals surface area contributed by atoms with Crippen molar-refractivity contribution in [3.63, 3.8) is 0 Å². The van der Waals surface area contributed by atoms with E-state index in [1.165, 1.54) is 5.70 Å². The summed E-state index contributed by atoms with van der Waals surface area (Å²) in [6.45, 7) is 2.87. The topological polar surface area (TPSA) is 24.4 Å². The molecule has 1 aliphatic heterocycles. The maximum absolute atomic E-state index is 3.96. The summed E-state index contributed by atoms with van der Waals surface area (Å²) >= 11 is 0. The van der Waals surface area contributed by atoms with Gasteiger partial charge < -0.3 is 5.32 Å². The van der Waals surface area contributed by atoms with E-state index in [-0.39, 0.29) is 0 Å². The first-order chi connectivity index (χ1) is 3.93. The molecule has 0 atom stereocenters. The number of aliphatic imine (C=N–C) groups is 1. The van der Waals surface area contributed by atoms with E-state index in [1.54, 1.807) is 0 Å². The van der Waals surface area contributed by atoms with Gasteiger partial charge in [-0.25, -0.2) is 0 Å². The first-order valence-electron chi connectivity index (χ1n) is 2.86. The normalized spacial score (nSPS) is 17.4. The molecule has 0 saturated heterocycles. The van der Waals surface area contributed by atoms with Crippen LogP contribution in [0.5, 0.6) is 0 Å². The lowest BCUT2D eigenvalue weighted by Crippen LogP contribution is -2.15. The molecule has 0 aliphatic carbocycles. The Labute approximate surface area is 49.3 Å². The molecule has 0 spiro atoms. The van der Waals surface area contributed by atoms with E-state index in [4.69, 9.17) is 0 Å². The number of rotatable bonds is 1. The quantitative estimate of drug-likeness (QED) is 0.533. The standard InChI is InChI=1S/C6H10N2/c1-2-6-3-4-7-5-8-6/h3-4,8H,2,5H2,1H3. The Bertz CT molecular complexity index is 124. The van der Waals surface area contributed by atoms with Crippen molar-refractivity contribution in [3.05, 3.63) is 11.8 Å². The van der Waals surface area contributed by atoms with Crippen LogP contribution in [-0.2, 0) is 0 Å². The van der Waals surface area contributed by atoms with Crippen LogP contribution >= 0.6 is 0 Å². The molecular weight excluding hydrogens is 100 g/mol. The van der Waals surface area contributed by atoms with Gasteiger partial charge in [0, 0.05) is 11.9 Å². The highest BCUT2D eigenvalue weighted by Gasteiger charge is 1.91. The summed E-state index contributed by atoms with van der Waals surface area (Å²) in [6, 6.07) is 0. The van der Waals surface area contributed by atoms with Crippen molar-refractivity contribution in [2.75, 3.05) is 6.67 Å². The van der Waals surface area contributed by atoms with Crippen molar-refractivity contribution in [2.24, 2.45) is 4.99 Å². The number of nitrogens with one attached hydrogen (secondary N) is 1. The zero-order chi connectivity index (χ0) is 5.82. The molecule has 0 saturated carbocycles. The largest absolute Gasteiger partial charge is 0.370 e. The zero-order valence-electron chi connectivity index (χ0n) is 5.02. The highest BCUT2D eigenvalue weighted by Crippen LogP contribution is 1.95. The van der Waals surface area contributed by atoms with Crippen molar-refractivity contribution in [1.29, 1.82) is 0 Å². The molecule has 2 heteroatoms. The second-order valence-corrected chi connectivity index (χ2v) is 1.71. The summed E-state index contributed by atoms with van der Waals surface area (Å²) in [7, 11) is 0. The van der Waals surface area contributed by atoms with Crippen LogP contribution in [0.25, 0.3) is 0 Å². The van der Waals surface area contributed by atoms with Gasteiger partial charge in [-0.2, -0.15) is 0 Å². The van der Waals surface area contributed by atoms with E-state index in [0.29, 0.717) is 0 Å². The fourth-order valence-electron chi connectivity index (χ4n) is 0.644. The predicted molar refractivity (Wildman–Crippen MR) is 34.9 cm³/mol. The van der Waals surface area contributed by atoms with Crippen LogP contribution in [0, 0.1) is 0 Å². The van der Waals surface area contributed by atoms with Crippen LogP contribution in [0.2, 0.25) is 0 Å². The summed E-state index contributed by atoms with van der Waals surface area (Å²) in [5.74, 6) is 0. The van der Waals surface area contributed by atoms with Crippen molar-refractivity contribution < 1.29 is 0 Å². The molecule has 1 heterocycles. The first-order valence-corrected chi connectivity index (χ1v) is 2.86. The minimum Gasteiger partial charge on any atom is -0.370 e. The fourth-order valence-corrected chi connectivity index (χ4v) is 0.644. The first kappa shape index (κ1) is 5.35. The van der Waals surface area contributed by atoms with Crippen molar-refractivity contribution in [2.45, 2.75) is 13.3 Å². The number of allylic oxidation sites excluding steroid dienone is 2. The van der Waals surface area contributed by atoms with Gasteiger partial charge in [0.15, 0.2) is 0 Å². The van der Waals surface area contributed by atoms with E-state index in [0.717, 1.165) is 13.1 Å². The molecule has 1 rings (SSSR count). The molecule has 0 aromatic rings. The third-order valence-corrected chi connectivity index (χ3v) is 1.16. The van der Waals surface area contributed by atoms with Gasteiger partial charge in [0.25, 0.3) is 0 Å². The molecule has 0 aromatic heterocycles. The molecule has 0 unspecified atom stereocenters. The van der Waals surface area contributed by atoms with Crippen molar-refractivity contribution >= 4 is 6.21 Å². The lowest BCUT2D eigenvalue weighted by atomic mass is 10.3. The molecule has 44 valence electrons. The summed E-state index contributed by atoms with van der Waals surface area (Å²) in [6.07, 6.45) is 4.92. The Balaban J connectivity index is 2.50. The summed E-state index contributed by atoms with van der Waals surface area (Å²) < 4.78 is 0. The second-order valence-electron chi connectivity index (χ2n) is 1.71. The summed E-state index contributed by atoms with van der Waals surface area (Å²) in [4.78, 5) is 3.96. The van der Waals surface area contributed by atoms with Crippen LogP contribution in [-0.4, -0.2) is 12.9 Å². The Kier molecular flexibility index (Phi) is 1.67. The lowest BCUT2D eigenvalue weighted by Gasteiger charge is -2.07. The molecular formula is C6H10N2. The van der Waals surface area contributed by atoms with Gasteiger partial charge in [-0.05, 0) is 12.5 Å². The molecule has 1 aliphatic rings. The number of hydrogen-bond acceptors (Lipinski definition) is 2. The van der Waals surface area contributed by atoms with Gasteiger partial charge in [0.1, 0.15) is 6.67 Å². The van der Waals surface area contributed by atoms with Gasteiger partial charge in [-0.1, -0.05) is 6.92 Å². The summed E-state index contributed by atoms with van der Waals surface area (Å²) in [5.41, 5.74) is 1.28. The average Bonchev–Trinajstić information content (AvgIpc) is 1.90. The van der Waals surface area contributed by atoms with E-state index >= 15 is 0 Å². The maximum Gasteiger partial charge on any atom is 0.107 e. The minimum atomic E-state index is 0.750. The maximum atomic E-state index is 3.96. The van der Waals surface area contributed by atoms with Gasteiger partial charge in [-0.3, -0.25) is 4.99 Å². The van der Waals surface area contributed by atoms with Crippen LogP contribution in [0.15, 0.2) is 16.8 Å². The highest BCUT2D eigenvalue weighted by molar-refractivity contribution is 5.72. The smallest absolute Gasteiger partial charge is 0.107 e. The van der Waals surface area contributed by atoms with Crippen molar-refractivity contribution in [1.82, 2.24) is 5.32 Å². The molecule has 2 nitrogen and oxygen atoms in total. The monoisotopic (exact) mass is 110 g/mol. The number of hydrogen-bond donors (Lipinski definition) is 1. The van der Waals surface area contributed by atoms with Gasteiger partial charge in [0.05, 0.1) is 0 Å².